The minimum absolute atomic E-state index is 0. The van der Waals surface area contributed by atoms with Crippen molar-refractivity contribution in [1.82, 2.24) is 0 Å². The van der Waals surface area contributed by atoms with Crippen LogP contribution in [0.1, 0.15) is 0 Å². The standard InChI is InChI=1S/4Fe.4Mn.5H3O4P.9H2O/c;;;;;;;;5*1-5(2,3)4;;;;;;;;;/h;;;;;;;;5*(H3,1,2,3,4);9*1H2/q4*+3;4*+2;;;;;;;;;;;;;;/p-20. The van der Waals surface area contributed by atoms with Crippen molar-refractivity contribution in [3.05, 3.63) is 0 Å². The molecule has 42 heavy (non-hydrogen) atoms. The maximum Gasteiger partial charge on any atom is 3.00 e. The third kappa shape index (κ3) is 4410. The van der Waals surface area contributed by atoms with Gasteiger partial charge in [-0.2, -0.15) is 39.1 Å². The Kier molecular flexibility index (Phi) is 289. The van der Waals surface area contributed by atoms with Crippen molar-refractivity contribution in [2.75, 3.05) is 0 Å². The summed E-state index contributed by atoms with van der Waals surface area (Å²) in [4.78, 5) is 128. The van der Waals surface area contributed by atoms with Crippen molar-refractivity contribution < 1.29 is 282 Å². The van der Waals surface area contributed by atoms with Gasteiger partial charge in [0.25, 0.3) is 0 Å². The van der Waals surface area contributed by atoms with Crippen molar-refractivity contribution in [2.45, 2.75) is 0 Å². The first-order chi connectivity index (χ1) is 10.0. The van der Waals surface area contributed by atoms with E-state index in [0.29, 0.717) is 0 Å². The molecule has 0 aliphatic carbocycles. The van der Waals surface area contributed by atoms with Crippen molar-refractivity contribution in [1.29, 1.82) is 0 Å². The Hall–Kier alpha value is 4.35. The summed E-state index contributed by atoms with van der Waals surface area (Å²) in [5, 5.41) is 0. The maximum absolute atomic E-state index is 8.55. The van der Waals surface area contributed by atoms with Gasteiger partial charge in [0, 0.05) is 0 Å². The molecule has 0 fully saturated rings. The Bertz CT molecular complexity index is 405. The summed E-state index contributed by atoms with van der Waals surface area (Å²) < 4.78 is 42.7. The average Bonchev–Trinajstić information content (AvgIpc) is 1.79. The summed E-state index contributed by atoms with van der Waals surface area (Å²) in [7, 11) is -26.9. The first-order valence-corrected chi connectivity index (χ1v) is 11.0. The fourth-order valence-electron chi connectivity index (χ4n) is 0. The van der Waals surface area contributed by atoms with Crippen molar-refractivity contribution in [3.8, 4) is 0 Å². The van der Waals surface area contributed by atoms with Gasteiger partial charge in [0.05, 0.1) is 0 Å². The van der Waals surface area contributed by atoms with Gasteiger partial charge in [0.15, 0.2) is 0 Å². The molecule has 0 aromatic carbocycles. The van der Waals surface area contributed by atoms with E-state index in [4.69, 9.17) is 96.2 Å². The van der Waals surface area contributed by atoms with E-state index < -0.39 is 39.1 Å². The van der Waals surface area contributed by atoms with Gasteiger partial charge in [-0.3, -0.25) is 0 Å². The first-order valence-electron chi connectivity index (χ1n) is 3.65. The molecule has 0 aliphatic heterocycles. The molecule has 0 aliphatic rings. The molecule has 0 spiro atoms. The van der Waals surface area contributed by atoms with Crippen LogP contribution >= 0.6 is 39.1 Å². The quantitative estimate of drug-likeness (QED) is 0.161. The van der Waals surface area contributed by atoms with Crippen LogP contribution in [0, 0.1) is 0 Å². The molecule has 0 atom stereocenters. The second kappa shape index (κ2) is 75.6. The summed E-state index contributed by atoms with van der Waals surface area (Å²) in [6, 6.07) is 0. The van der Waals surface area contributed by atoms with E-state index in [1.807, 2.05) is 0 Å². The van der Waals surface area contributed by atoms with E-state index in [1.165, 1.54) is 0 Å². The van der Waals surface area contributed by atoms with Crippen molar-refractivity contribution in [3.63, 3.8) is 0 Å². The SMILES string of the molecule is O.O.O.O.O=P([O-])([O-])[O-].O=P([O-])([O-])[O-].O=P([O-])([O-])[O-].O=P([O-])([O-])[O-].O=P([O-])([O-])[O-].[Fe+3].[Fe+3].[Fe+3].[Fe+3].[Mn+2].[Mn+2].[Mn+2].[Mn+2].[OH-].[OH-].[OH-].[OH-].[OH-]. The Morgan fingerprint density at radius 2 is 0.238 bits per heavy atom. The molecule has 42 heteroatoms. The number of hydrogen-bond donors (Lipinski definition) is 0. The van der Waals surface area contributed by atoms with E-state index >= 15 is 0 Å². The monoisotopic (exact) mass is 1080 g/mol. The average molecular weight is 1080 g/mol. The molecule has 0 heterocycles. The summed E-state index contributed by atoms with van der Waals surface area (Å²) in [6.45, 7) is 0. The Balaban J connectivity index is -0.00000000541. The molecule has 0 saturated carbocycles. The normalized spacial score (nSPS) is 7.02. The maximum atomic E-state index is 8.55. The summed E-state index contributed by atoms with van der Waals surface area (Å²) in [6.07, 6.45) is 0. The zero-order valence-electron chi connectivity index (χ0n) is 17.6. The molecule has 0 bridgehead atoms. The molecule has 29 nitrogen and oxygen atoms in total. The Morgan fingerprint density at radius 3 is 0.238 bits per heavy atom. The topological polar surface area (TPSA) is 707 Å². The fourth-order valence-corrected chi connectivity index (χ4v) is 0. The van der Waals surface area contributed by atoms with Crippen LogP contribution in [0.2, 0.25) is 0 Å². The van der Waals surface area contributed by atoms with Crippen LogP contribution in [-0.4, -0.2) is 49.3 Å². The molecule has 8 radical (unpaired) electrons. The third-order valence-corrected chi connectivity index (χ3v) is 0. The molecule has 272 valence electrons. The Labute approximate surface area is 318 Å². The van der Waals surface area contributed by atoms with E-state index in [9.17, 15) is 0 Å². The van der Waals surface area contributed by atoms with Crippen LogP contribution in [-0.2, 0) is 159 Å². The van der Waals surface area contributed by atoms with E-state index in [1.54, 1.807) is 0 Å². The molecule has 0 saturated heterocycles. The second-order valence-electron chi connectivity index (χ2n) is 2.24. The van der Waals surface area contributed by atoms with Crippen LogP contribution in [0.5, 0.6) is 0 Å². The van der Waals surface area contributed by atoms with Gasteiger partial charge in [-0.05, 0) is 0 Å². The number of rotatable bonds is 0. The predicted octanol–water partition coefficient (Wildman–Crippen LogP) is -18.3. The molecule has 0 unspecified atom stereocenters. The molecule has 13 N–H and O–H groups in total. The summed E-state index contributed by atoms with van der Waals surface area (Å²) >= 11 is 0. The zero-order valence-corrected chi connectivity index (χ0v) is 31.2. The third-order valence-electron chi connectivity index (χ3n) is 0. The predicted molar refractivity (Wildman–Crippen MR) is 62.2 cm³/mol. The molecular weight excluding hydrogens is 1060 g/mol. The molecule has 0 aromatic heterocycles. The second-order valence-corrected chi connectivity index (χ2v) is 6.71. The van der Waals surface area contributed by atoms with Gasteiger partial charge in [-0.25, -0.2) is 0 Å². The van der Waals surface area contributed by atoms with Crippen LogP contribution < -0.4 is 73.4 Å². The largest absolute Gasteiger partial charge is 3.00 e. The molecule has 0 rings (SSSR count). The minimum Gasteiger partial charge on any atom is -0.870 e. The molecule has 0 amide bonds. The molecular formula is H13Fe4Mn4O29P5. The summed E-state index contributed by atoms with van der Waals surface area (Å²) in [5.74, 6) is 0. The van der Waals surface area contributed by atoms with Crippen LogP contribution in [0.25, 0.3) is 0 Å². The van der Waals surface area contributed by atoms with Crippen LogP contribution in [0.4, 0.5) is 0 Å². The smallest absolute Gasteiger partial charge is 0.870 e. The van der Waals surface area contributed by atoms with Crippen molar-refractivity contribution in [2.24, 2.45) is 0 Å². The molecule has 0 aromatic rings. The van der Waals surface area contributed by atoms with E-state index in [-0.39, 0.29) is 186 Å². The van der Waals surface area contributed by atoms with Gasteiger partial charge in [-0.15, -0.1) is 0 Å². The minimum atomic E-state index is -5.39. The fraction of sp³-hybridized carbons (Fsp3) is 0. The van der Waals surface area contributed by atoms with Gasteiger partial charge in [-0.1, -0.05) is 0 Å². The van der Waals surface area contributed by atoms with Crippen LogP contribution in [0.15, 0.2) is 0 Å². The van der Waals surface area contributed by atoms with E-state index in [2.05, 4.69) is 0 Å². The first kappa shape index (κ1) is 161. The Morgan fingerprint density at radius 1 is 0.238 bits per heavy atom. The number of hydrogen-bond acceptors (Lipinski definition) is 25. The summed E-state index contributed by atoms with van der Waals surface area (Å²) in [5.41, 5.74) is 0. The van der Waals surface area contributed by atoms with Crippen molar-refractivity contribution >= 4 is 39.1 Å². The van der Waals surface area contributed by atoms with Gasteiger partial charge < -0.3 is 146 Å². The number of phosphoric acid groups is 5. The zero-order chi connectivity index (χ0) is 22.5. The van der Waals surface area contributed by atoms with Gasteiger partial charge in [0.1, 0.15) is 0 Å². The van der Waals surface area contributed by atoms with Gasteiger partial charge >= 0.3 is 137 Å². The van der Waals surface area contributed by atoms with E-state index in [0.717, 1.165) is 0 Å². The van der Waals surface area contributed by atoms with Crippen LogP contribution in [0.3, 0.4) is 0 Å². The van der Waals surface area contributed by atoms with Gasteiger partial charge in [0.2, 0.25) is 0 Å².